The first kappa shape index (κ1) is 15.0. The number of carbonyl (C=O) groups excluding carboxylic acids is 2. The van der Waals surface area contributed by atoms with Gasteiger partial charge in [0.1, 0.15) is 11.4 Å². The molecule has 1 aromatic heterocycles. The fourth-order valence-corrected chi connectivity index (χ4v) is 2.19. The number of ether oxygens (including phenoxy) is 1. The summed E-state index contributed by atoms with van der Waals surface area (Å²) in [6.45, 7) is 1.88. The second-order valence-electron chi connectivity index (χ2n) is 3.93. The zero-order valence-corrected chi connectivity index (χ0v) is 12.7. The lowest BCUT2D eigenvalue weighted by molar-refractivity contribution is 0.0907. The van der Waals surface area contributed by atoms with E-state index < -0.39 is 12.0 Å². The highest BCUT2D eigenvalue weighted by Gasteiger charge is 2.18. The van der Waals surface area contributed by atoms with Crippen molar-refractivity contribution in [3.8, 4) is 11.3 Å². The maximum absolute atomic E-state index is 11.9. The van der Waals surface area contributed by atoms with E-state index in [1.807, 2.05) is 30.3 Å². The average molecular weight is 353 g/mol. The third-order valence-corrected chi connectivity index (χ3v) is 3.31. The normalized spacial score (nSPS) is 10.0. The van der Waals surface area contributed by atoms with Gasteiger partial charge in [0.05, 0.1) is 11.1 Å². The van der Waals surface area contributed by atoms with Gasteiger partial charge in [-0.25, -0.2) is 10.2 Å². The maximum Gasteiger partial charge on any atom is 0.426 e. The highest BCUT2D eigenvalue weighted by Crippen LogP contribution is 2.28. The van der Waals surface area contributed by atoms with E-state index in [1.54, 1.807) is 6.92 Å². The molecule has 2 rings (SSSR count). The van der Waals surface area contributed by atoms with Gasteiger partial charge in [0, 0.05) is 5.56 Å². The smallest absolute Gasteiger partial charge is 0.426 e. The van der Waals surface area contributed by atoms with Crippen molar-refractivity contribution in [3.63, 3.8) is 0 Å². The molecule has 0 fully saturated rings. The summed E-state index contributed by atoms with van der Waals surface area (Å²) in [4.78, 5) is 23.0. The van der Waals surface area contributed by atoms with Crippen LogP contribution in [0.5, 0.6) is 0 Å². The van der Waals surface area contributed by atoms with Crippen molar-refractivity contribution in [1.82, 2.24) is 21.0 Å². The van der Waals surface area contributed by atoms with Gasteiger partial charge < -0.3 is 4.74 Å². The Hall–Kier alpha value is -2.35. The van der Waals surface area contributed by atoms with Gasteiger partial charge in [0.15, 0.2) is 0 Å². The minimum Gasteiger partial charge on any atom is -0.449 e. The minimum absolute atomic E-state index is 0.200. The summed E-state index contributed by atoms with van der Waals surface area (Å²) in [5.41, 5.74) is 6.02. The largest absolute Gasteiger partial charge is 0.449 e. The zero-order valence-electron chi connectivity index (χ0n) is 11.1. The van der Waals surface area contributed by atoms with Crippen LogP contribution in [0.3, 0.4) is 0 Å². The van der Waals surface area contributed by atoms with E-state index in [2.05, 4.69) is 41.7 Å². The van der Waals surface area contributed by atoms with Crippen LogP contribution in [0.2, 0.25) is 0 Å². The Bertz CT molecular complexity index is 642. The summed E-state index contributed by atoms with van der Waals surface area (Å²) in [7, 11) is 0. The van der Waals surface area contributed by atoms with Gasteiger partial charge in [-0.3, -0.25) is 15.3 Å². The van der Waals surface area contributed by atoms with Gasteiger partial charge in [-0.15, -0.1) is 0 Å². The number of carbonyl (C=O) groups is 2. The third kappa shape index (κ3) is 3.60. The lowest BCUT2D eigenvalue weighted by Crippen LogP contribution is -2.42. The molecule has 0 spiro atoms. The van der Waals surface area contributed by atoms with Crippen LogP contribution in [0.1, 0.15) is 17.4 Å². The molecule has 0 bridgehead atoms. The molecule has 1 heterocycles. The Balaban J connectivity index is 2.10. The monoisotopic (exact) mass is 352 g/mol. The standard InChI is InChI=1S/C13H13BrN4O3/c1-2-21-13(20)18-17-12(19)11-9(14)10(15-16-11)8-6-4-3-5-7-8/h3-7H,2H2,1H3,(H,15,16)(H,17,19)(H,18,20). The molecule has 0 aliphatic carbocycles. The van der Waals surface area contributed by atoms with Crippen molar-refractivity contribution in [2.45, 2.75) is 6.92 Å². The van der Waals surface area contributed by atoms with Gasteiger partial charge in [-0.2, -0.15) is 5.10 Å². The van der Waals surface area contributed by atoms with E-state index >= 15 is 0 Å². The molecule has 1 aromatic carbocycles. The summed E-state index contributed by atoms with van der Waals surface area (Å²) in [5.74, 6) is -0.537. The molecule has 0 unspecified atom stereocenters. The molecule has 0 aliphatic rings. The predicted octanol–water partition coefficient (Wildman–Crippen LogP) is 2.23. The molecule has 0 saturated heterocycles. The van der Waals surface area contributed by atoms with E-state index in [1.165, 1.54) is 0 Å². The van der Waals surface area contributed by atoms with Crippen LogP contribution in [-0.2, 0) is 4.74 Å². The summed E-state index contributed by atoms with van der Waals surface area (Å²) in [6.07, 6.45) is -0.732. The lowest BCUT2D eigenvalue weighted by Gasteiger charge is -2.06. The number of nitrogens with zero attached hydrogens (tertiary/aromatic N) is 1. The lowest BCUT2D eigenvalue weighted by atomic mass is 10.1. The van der Waals surface area contributed by atoms with Crippen molar-refractivity contribution in [3.05, 3.63) is 40.5 Å². The van der Waals surface area contributed by atoms with E-state index in [-0.39, 0.29) is 12.3 Å². The number of hydrogen-bond acceptors (Lipinski definition) is 4. The molecule has 0 atom stereocenters. The number of H-pyrrole nitrogens is 1. The average Bonchev–Trinajstić information content (AvgIpc) is 2.88. The zero-order chi connectivity index (χ0) is 15.2. The number of nitrogens with one attached hydrogen (secondary N) is 3. The van der Waals surface area contributed by atoms with Crippen molar-refractivity contribution in [2.75, 3.05) is 6.61 Å². The predicted molar refractivity (Wildman–Crippen MR) is 79.3 cm³/mol. The summed E-state index contributed by atoms with van der Waals surface area (Å²) in [5, 5.41) is 6.72. The van der Waals surface area contributed by atoms with Crippen LogP contribution in [0, 0.1) is 0 Å². The quantitative estimate of drug-likeness (QED) is 0.738. The molecule has 110 valence electrons. The van der Waals surface area contributed by atoms with Crippen LogP contribution in [0.15, 0.2) is 34.8 Å². The number of aromatic nitrogens is 2. The Morgan fingerprint density at radius 3 is 2.67 bits per heavy atom. The molecule has 3 N–H and O–H groups in total. The fraction of sp³-hybridized carbons (Fsp3) is 0.154. The second kappa shape index (κ2) is 6.89. The molecule has 2 amide bonds. The van der Waals surface area contributed by atoms with Crippen molar-refractivity contribution in [2.24, 2.45) is 0 Å². The first-order chi connectivity index (χ1) is 10.1. The molecular weight excluding hydrogens is 340 g/mol. The van der Waals surface area contributed by atoms with E-state index in [4.69, 9.17) is 0 Å². The SMILES string of the molecule is CCOC(=O)NNC(=O)c1[nH]nc(-c2ccccc2)c1Br. The molecule has 8 heteroatoms. The van der Waals surface area contributed by atoms with Gasteiger partial charge in [0.25, 0.3) is 5.91 Å². The third-order valence-electron chi connectivity index (χ3n) is 2.53. The highest BCUT2D eigenvalue weighted by molar-refractivity contribution is 9.10. The van der Waals surface area contributed by atoms with Crippen molar-refractivity contribution >= 4 is 27.9 Å². The van der Waals surface area contributed by atoms with Crippen LogP contribution < -0.4 is 10.9 Å². The van der Waals surface area contributed by atoms with Crippen LogP contribution in [0.25, 0.3) is 11.3 Å². The van der Waals surface area contributed by atoms with E-state index in [9.17, 15) is 9.59 Å². The van der Waals surface area contributed by atoms with Gasteiger partial charge in [-0.1, -0.05) is 30.3 Å². The van der Waals surface area contributed by atoms with Gasteiger partial charge >= 0.3 is 6.09 Å². The van der Waals surface area contributed by atoms with Crippen molar-refractivity contribution < 1.29 is 14.3 Å². The molecule has 2 aromatic rings. The molecule has 7 nitrogen and oxygen atoms in total. The Morgan fingerprint density at radius 1 is 1.29 bits per heavy atom. The van der Waals surface area contributed by atoms with E-state index in [0.717, 1.165) is 5.56 Å². The number of rotatable bonds is 3. The number of amides is 2. The maximum atomic E-state index is 11.9. The number of aromatic amines is 1. The minimum atomic E-state index is -0.732. The Labute approximate surface area is 129 Å². The number of benzene rings is 1. The van der Waals surface area contributed by atoms with Crippen LogP contribution in [0.4, 0.5) is 4.79 Å². The van der Waals surface area contributed by atoms with Crippen LogP contribution in [-0.4, -0.2) is 28.8 Å². The summed E-state index contributed by atoms with van der Waals surface area (Å²) in [6, 6.07) is 9.39. The van der Waals surface area contributed by atoms with Gasteiger partial charge in [-0.05, 0) is 22.9 Å². The molecule has 21 heavy (non-hydrogen) atoms. The molecule has 0 saturated carbocycles. The number of halogens is 1. The Kier molecular flexibility index (Phi) is 4.94. The molecular formula is C13H13BrN4O3. The highest BCUT2D eigenvalue weighted by atomic mass is 79.9. The summed E-state index contributed by atoms with van der Waals surface area (Å²) >= 11 is 3.33. The Morgan fingerprint density at radius 2 is 2.00 bits per heavy atom. The fourth-order valence-electron chi connectivity index (χ4n) is 1.60. The van der Waals surface area contributed by atoms with Crippen LogP contribution >= 0.6 is 15.9 Å². The molecule has 0 aliphatic heterocycles. The number of hydrazine groups is 1. The van der Waals surface area contributed by atoms with Gasteiger partial charge in [0.2, 0.25) is 0 Å². The topological polar surface area (TPSA) is 96.1 Å². The first-order valence-corrected chi connectivity index (χ1v) is 6.95. The van der Waals surface area contributed by atoms with Crippen molar-refractivity contribution in [1.29, 1.82) is 0 Å². The summed E-state index contributed by atoms with van der Waals surface area (Å²) < 4.78 is 5.14. The van der Waals surface area contributed by atoms with E-state index in [0.29, 0.717) is 10.2 Å². The number of hydrogen-bond donors (Lipinski definition) is 3. The molecule has 0 radical (unpaired) electrons. The second-order valence-corrected chi connectivity index (χ2v) is 4.72. The first-order valence-electron chi connectivity index (χ1n) is 6.16.